The fourth-order valence-electron chi connectivity index (χ4n) is 2.31. The molecular formula is C12H24N2O. The molecule has 2 fully saturated rings. The molecule has 0 aromatic heterocycles. The Labute approximate surface area is 93.0 Å². The van der Waals surface area contributed by atoms with Gasteiger partial charge in [0.25, 0.3) is 0 Å². The molecule has 2 N–H and O–H groups in total. The van der Waals surface area contributed by atoms with Crippen LogP contribution in [-0.2, 0) is 4.74 Å². The van der Waals surface area contributed by atoms with Gasteiger partial charge in [0.15, 0.2) is 0 Å². The molecule has 3 heteroatoms. The van der Waals surface area contributed by atoms with Crippen molar-refractivity contribution in [3.05, 3.63) is 0 Å². The van der Waals surface area contributed by atoms with Crippen LogP contribution in [0, 0.1) is 5.92 Å². The number of rotatable bonds is 4. The van der Waals surface area contributed by atoms with Crippen LogP contribution in [-0.4, -0.2) is 42.8 Å². The molecule has 2 atom stereocenters. The Morgan fingerprint density at radius 3 is 2.73 bits per heavy atom. The average Bonchev–Trinajstić information content (AvgIpc) is 3.02. The van der Waals surface area contributed by atoms with E-state index in [1.807, 2.05) is 0 Å². The quantitative estimate of drug-likeness (QED) is 0.761. The fraction of sp³-hybridized carbons (Fsp3) is 1.00. The van der Waals surface area contributed by atoms with Crippen molar-refractivity contribution < 1.29 is 4.74 Å². The first-order chi connectivity index (χ1) is 7.16. The van der Waals surface area contributed by atoms with Gasteiger partial charge in [-0.15, -0.1) is 0 Å². The highest BCUT2D eigenvalue weighted by Gasteiger charge is 2.31. The van der Waals surface area contributed by atoms with Crippen LogP contribution >= 0.6 is 0 Å². The highest BCUT2D eigenvalue weighted by Crippen LogP contribution is 2.34. The molecular weight excluding hydrogens is 188 g/mol. The first-order valence-electron chi connectivity index (χ1n) is 6.28. The van der Waals surface area contributed by atoms with Gasteiger partial charge in [-0.3, -0.25) is 4.90 Å². The lowest BCUT2D eigenvalue weighted by Crippen LogP contribution is -2.52. The molecule has 1 saturated heterocycles. The second-order valence-corrected chi connectivity index (χ2v) is 5.34. The summed E-state index contributed by atoms with van der Waals surface area (Å²) in [5.74, 6) is 0.901. The SMILES string of the molecule is CC(C)N1CCOC(C(N)CC2CC2)C1. The molecule has 1 saturated carbocycles. The molecule has 2 unspecified atom stereocenters. The average molecular weight is 212 g/mol. The third kappa shape index (κ3) is 3.16. The minimum Gasteiger partial charge on any atom is -0.374 e. The number of hydrogen-bond donors (Lipinski definition) is 1. The smallest absolute Gasteiger partial charge is 0.0853 e. The topological polar surface area (TPSA) is 38.5 Å². The monoisotopic (exact) mass is 212 g/mol. The van der Waals surface area contributed by atoms with E-state index in [1.54, 1.807) is 0 Å². The zero-order chi connectivity index (χ0) is 10.8. The fourth-order valence-corrected chi connectivity index (χ4v) is 2.31. The molecule has 15 heavy (non-hydrogen) atoms. The Hall–Kier alpha value is -0.120. The zero-order valence-electron chi connectivity index (χ0n) is 9.98. The largest absolute Gasteiger partial charge is 0.374 e. The molecule has 2 rings (SSSR count). The predicted molar refractivity (Wildman–Crippen MR) is 61.8 cm³/mol. The van der Waals surface area contributed by atoms with Crippen LogP contribution in [0.25, 0.3) is 0 Å². The maximum Gasteiger partial charge on any atom is 0.0853 e. The van der Waals surface area contributed by atoms with E-state index >= 15 is 0 Å². The van der Waals surface area contributed by atoms with Crippen molar-refractivity contribution in [3.8, 4) is 0 Å². The molecule has 88 valence electrons. The highest BCUT2D eigenvalue weighted by molar-refractivity contribution is 4.86. The number of morpholine rings is 1. The van der Waals surface area contributed by atoms with E-state index < -0.39 is 0 Å². The van der Waals surface area contributed by atoms with Crippen LogP contribution in [0.2, 0.25) is 0 Å². The summed E-state index contributed by atoms with van der Waals surface area (Å²) >= 11 is 0. The van der Waals surface area contributed by atoms with Gasteiger partial charge in [-0.2, -0.15) is 0 Å². The van der Waals surface area contributed by atoms with Gasteiger partial charge < -0.3 is 10.5 Å². The molecule has 1 aliphatic heterocycles. The van der Waals surface area contributed by atoms with Gasteiger partial charge in [0.1, 0.15) is 0 Å². The Bertz CT molecular complexity index is 204. The molecule has 2 aliphatic rings. The van der Waals surface area contributed by atoms with E-state index in [0.717, 1.165) is 32.0 Å². The molecule has 0 bridgehead atoms. The minimum atomic E-state index is 0.249. The number of nitrogens with zero attached hydrogens (tertiary/aromatic N) is 1. The first-order valence-corrected chi connectivity index (χ1v) is 6.28. The van der Waals surface area contributed by atoms with Crippen molar-refractivity contribution in [3.63, 3.8) is 0 Å². The molecule has 1 aliphatic carbocycles. The Morgan fingerprint density at radius 1 is 1.40 bits per heavy atom. The van der Waals surface area contributed by atoms with Crippen molar-refractivity contribution in [2.75, 3.05) is 19.7 Å². The lowest BCUT2D eigenvalue weighted by molar-refractivity contribution is -0.0513. The molecule has 1 heterocycles. The Kier molecular flexibility index (Phi) is 3.65. The second-order valence-electron chi connectivity index (χ2n) is 5.34. The molecule has 0 aromatic rings. The molecule has 0 radical (unpaired) electrons. The van der Waals surface area contributed by atoms with Crippen molar-refractivity contribution >= 4 is 0 Å². The summed E-state index contributed by atoms with van der Waals surface area (Å²) in [4.78, 5) is 2.47. The molecule has 0 aromatic carbocycles. The van der Waals surface area contributed by atoms with Gasteiger partial charge in [-0.1, -0.05) is 12.8 Å². The summed E-state index contributed by atoms with van der Waals surface area (Å²) in [6.07, 6.45) is 4.20. The summed E-state index contributed by atoms with van der Waals surface area (Å²) in [6.45, 7) is 7.42. The molecule has 0 amide bonds. The van der Waals surface area contributed by atoms with Crippen molar-refractivity contribution in [2.45, 2.75) is 51.3 Å². The summed E-state index contributed by atoms with van der Waals surface area (Å²) in [6, 6.07) is 0.864. The second kappa shape index (κ2) is 4.81. The predicted octanol–water partition coefficient (Wildman–Crippen LogP) is 1.22. The van der Waals surface area contributed by atoms with E-state index in [4.69, 9.17) is 10.5 Å². The molecule has 3 nitrogen and oxygen atoms in total. The van der Waals surface area contributed by atoms with Gasteiger partial charge in [0.2, 0.25) is 0 Å². The van der Waals surface area contributed by atoms with Crippen LogP contribution in [0.5, 0.6) is 0 Å². The number of nitrogens with two attached hydrogens (primary N) is 1. The van der Waals surface area contributed by atoms with E-state index in [9.17, 15) is 0 Å². The van der Waals surface area contributed by atoms with Gasteiger partial charge in [-0.05, 0) is 26.2 Å². The van der Waals surface area contributed by atoms with Gasteiger partial charge >= 0.3 is 0 Å². The van der Waals surface area contributed by atoms with Crippen LogP contribution in [0.3, 0.4) is 0 Å². The van der Waals surface area contributed by atoms with Crippen molar-refractivity contribution in [1.82, 2.24) is 4.90 Å². The Balaban J connectivity index is 1.79. The van der Waals surface area contributed by atoms with E-state index in [0.29, 0.717) is 6.04 Å². The summed E-state index contributed by atoms with van der Waals surface area (Å²) in [5.41, 5.74) is 6.20. The maximum atomic E-state index is 6.20. The summed E-state index contributed by atoms with van der Waals surface area (Å²) < 4.78 is 5.78. The van der Waals surface area contributed by atoms with Gasteiger partial charge in [0, 0.05) is 25.2 Å². The van der Waals surface area contributed by atoms with Crippen molar-refractivity contribution in [1.29, 1.82) is 0 Å². The molecule has 0 spiro atoms. The standard InChI is InChI=1S/C12H24N2O/c1-9(2)14-5-6-15-12(8-14)11(13)7-10-3-4-10/h9-12H,3-8,13H2,1-2H3. The van der Waals surface area contributed by atoms with Crippen LogP contribution in [0.1, 0.15) is 33.1 Å². The lowest BCUT2D eigenvalue weighted by Gasteiger charge is -2.38. The van der Waals surface area contributed by atoms with Gasteiger partial charge in [-0.25, -0.2) is 0 Å². The third-order valence-electron chi connectivity index (χ3n) is 3.64. The minimum absolute atomic E-state index is 0.249. The summed E-state index contributed by atoms with van der Waals surface area (Å²) in [5, 5.41) is 0. The van der Waals surface area contributed by atoms with Crippen LogP contribution in [0.4, 0.5) is 0 Å². The van der Waals surface area contributed by atoms with Gasteiger partial charge in [0.05, 0.1) is 12.7 Å². The van der Waals surface area contributed by atoms with Crippen molar-refractivity contribution in [2.24, 2.45) is 11.7 Å². The lowest BCUT2D eigenvalue weighted by atomic mass is 10.0. The third-order valence-corrected chi connectivity index (χ3v) is 3.64. The number of ether oxygens (including phenoxy) is 1. The highest BCUT2D eigenvalue weighted by atomic mass is 16.5. The number of hydrogen-bond acceptors (Lipinski definition) is 3. The Morgan fingerprint density at radius 2 is 2.13 bits per heavy atom. The van der Waals surface area contributed by atoms with E-state index in [-0.39, 0.29) is 12.1 Å². The zero-order valence-corrected chi connectivity index (χ0v) is 9.98. The first kappa shape index (κ1) is 11.4. The summed E-state index contributed by atoms with van der Waals surface area (Å²) in [7, 11) is 0. The van der Waals surface area contributed by atoms with E-state index in [1.165, 1.54) is 12.8 Å². The van der Waals surface area contributed by atoms with E-state index in [2.05, 4.69) is 18.7 Å². The normalized spacial score (nSPS) is 30.8. The maximum absolute atomic E-state index is 6.20. The van der Waals surface area contributed by atoms with Crippen LogP contribution in [0.15, 0.2) is 0 Å². The van der Waals surface area contributed by atoms with Crippen LogP contribution < -0.4 is 5.73 Å².